The minimum absolute atomic E-state index is 0.0297. The van der Waals surface area contributed by atoms with Crippen LogP contribution in [0.3, 0.4) is 0 Å². The SMILES string of the molecule is CC1(C(=O)NC2COc3ccccc32)CCN(Cc2ccccc2)CC1. The van der Waals surface area contributed by atoms with Crippen LogP contribution in [0.15, 0.2) is 54.6 Å². The van der Waals surface area contributed by atoms with Gasteiger partial charge in [-0.1, -0.05) is 55.5 Å². The summed E-state index contributed by atoms with van der Waals surface area (Å²) in [5.41, 5.74) is 2.12. The third kappa shape index (κ3) is 3.47. The van der Waals surface area contributed by atoms with Gasteiger partial charge in [0.25, 0.3) is 0 Å². The molecule has 0 aliphatic carbocycles. The summed E-state index contributed by atoms with van der Waals surface area (Å²) in [4.78, 5) is 15.4. The van der Waals surface area contributed by atoms with Gasteiger partial charge in [0.2, 0.25) is 5.91 Å². The highest BCUT2D eigenvalue weighted by molar-refractivity contribution is 5.83. The molecular weight excluding hydrogens is 324 g/mol. The topological polar surface area (TPSA) is 41.6 Å². The van der Waals surface area contributed by atoms with Crippen molar-refractivity contribution in [1.29, 1.82) is 0 Å². The van der Waals surface area contributed by atoms with E-state index >= 15 is 0 Å². The standard InChI is InChI=1S/C22H26N2O2/c1-22(11-13-24(14-12-22)15-17-7-3-2-4-8-17)21(25)23-19-16-26-20-10-6-5-9-18(19)20/h2-10,19H,11-16H2,1H3,(H,23,25). The first kappa shape index (κ1) is 17.1. The zero-order chi connectivity index (χ0) is 18.0. The number of likely N-dealkylation sites (tertiary alicyclic amines) is 1. The molecule has 0 saturated carbocycles. The molecule has 0 aromatic heterocycles. The van der Waals surface area contributed by atoms with Crippen molar-refractivity contribution in [3.8, 4) is 5.75 Å². The number of piperidine rings is 1. The molecule has 1 amide bonds. The molecule has 2 aliphatic rings. The van der Waals surface area contributed by atoms with Gasteiger partial charge < -0.3 is 10.1 Å². The van der Waals surface area contributed by atoms with Crippen molar-refractivity contribution in [3.05, 3.63) is 65.7 Å². The quantitative estimate of drug-likeness (QED) is 0.917. The maximum Gasteiger partial charge on any atom is 0.226 e. The first-order valence-corrected chi connectivity index (χ1v) is 9.43. The molecule has 1 atom stereocenters. The van der Waals surface area contributed by atoms with Gasteiger partial charge in [0.1, 0.15) is 12.4 Å². The molecule has 4 heteroatoms. The number of benzene rings is 2. The molecular formula is C22H26N2O2. The first-order chi connectivity index (χ1) is 12.6. The van der Waals surface area contributed by atoms with Crippen LogP contribution < -0.4 is 10.1 Å². The Bertz CT molecular complexity index is 767. The van der Waals surface area contributed by atoms with Gasteiger partial charge in [0.15, 0.2) is 0 Å². The van der Waals surface area contributed by atoms with Crippen molar-refractivity contribution in [2.45, 2.75) is 32.4 Å². The van der Waals surface area contributed by atoms with E-state index in [4.69, 9.17) is 4.74 Å². The Morgan fingerprint density at radius 3 is 2.58 bits per heavy atom. The average Bonchev–Trinajstić information content (AvgIpc) is 3.08. The Hall–Kier alpha value is -2.33. The van der Waals surface area contributed by atoms with Crippen LogP contribution in [0.5, 0.6) is 5.75 Å². The Morgan fingerprint density at radius 1 is 1.12 bits per heavy atom. The molecule has 2 aromatic rings. The summed E-state index contributed by atoms with van der Waals surface area (Å²) in [6.07, 6.45) is 1.78. The molecule has 1 unspecified atom stereocenters. The highest BCUT2D eigenvalue weighted by Crippen LogP contribution is 2.35. The largest absolute Gasteiger partial charge is 0.491 e. The maximum atomic E-state index is 13.0. The van der Waals surface area contributed by atoms with E-state index in [1.54, 1.807) is 0 Å². The van der Waals surface area contributed by atoms with E-state index in [1.807, 2.05) is 30.3 Å². The minimum atomic E-state index is -0.301. The fourth-order valence-electron chi connectivity index (χ4n) is 3.89. The number of fused-ring (bicyclic) bond motifs is 1. The number of amides is 1. The molecule has 4 rings (SSSR count). The third-order valence-corrected chi connectivity index (χ3v) is 5.76. The van der Waals surface area contributed by atoms with Crippen molar-refractivity contribution in [3.63, 3.8) is 0 Å². The molecule has 2 heterocycles. The molecule has 2 aromatic carbocycles. The van der Waals surface area contributed by atoms with E-state index < -0.39 is 0 Å². The summed E-state index contributed by atoms with van der Waals surface area (Å²) in [7, 11) is 0. The van der Waals surface area contributed by atoms with Gasteiger partial charge in [-0.15, -0.1) is 0 Å². The van der Waals surface area contributed by atoms with Crippen LogP contribution in [0.25, 0.3) is 0 Å². The van der Waals surface area contributed by atoms with Gasteiger partial charge in [0, 0.05) is 17.5 Å². The van der Waals surface area contributed by atoms with Crippen LogP contribution in [0, 0.1) is 5.41 Å². The van der Waals surface area contributed by atoms with E-state index in [2.05, 4.69) is 41.4 Å². The first-order valence-electron chi connectivity index (χ1n) is 9.43. The van der Waals surface area contributed by atoms with Gasteiger partial charge in [-0.25, -0.2) is 0 Å². The smallest absolute Gasteiger partial charge is 0.226 e. The molecule has 1 fully saturated rings. The summed E-state index contributed by atoms with van der Waals surface area (Å²) in [5, 5.41) is 3.23. The Morgan fingerprint density at radius 2 is 1.81 bits per heavy atom. The summed E-state index contributed by atoms with van der Waals surface area (Å²) in [5.74, 6) is 1.04. The van der Waals surface area contributed by atoms with E-state index in [0.717, 1.165) is 43.8 Å². The molecule has 26 heavy (non-hydrogen) atoms. The lowest BCUT2D eigenvalue weighted by Gasteiger charge is -2.38. The van der Waals surface area contributed by atoms with Crippen molar-refractivity contribution >= 4 is 5.91 Å². The summed E-state index contributed by atoms with van der Waals surface area (Å²) < 4.78 is 5.69. The average molecular weight is 350 g/mol. The molecule has 1 N–H and O–H groups in total. The predicted octanol–water partition coefficient (Wildman–Crippen LogP) is 3.54. The normalized spacial score (nSPS) is 21.7. The van der Waals surface area contributed by atoms with Crippen LogP contribution in [0.4, 0.5) is 0 Å². The molecule has 0 spiro atoms. The second-order valence-corrected chi connectivity index (χ2v) is 7.70. The zero-order valence-electron chi connectivity index (χ0n) is 15.3. The number of rotatable bonds is 4. The van der Waals surface area contributed by atoms with Crippen LogP contribution in [-0.2, 0) is 11.3 Å². The second kappa shape index (κ2) is 7.12. The number of nitrogens with one attached hydrogen (secondary N) is 1. The highest BCUT2D eigenvalue weighted by Gasteiger charge is 2.38. The number of hydrogen-bond donors (Lipinski definition) is 1. The summed E-state index contributed by atoms with van der Waals surface area (Å²) in [6, 6.07) is 18.5. The number of ether oxygens (including phenoxy) is 1. The van der Waals surface area contributed by atoms with Crippen LogP contribution >= 0.6 is 0 Å². The lowest BCUT2D eigenvalue weighted by atomic mass is 9.79. The number of carbonyl (C=O) groups excluding carboxylic acids is 1. The van der Waals surface area contributed by atoms with E-state index in [1.165, 1.54) is 5.56 Å². The number of hydrogen-bond acceptors (Lipinski definition) is 3. The van der Waals surface area contributed by atoms with Gasteiger partial charge in [-0.2, -0.15) is 0 Å². The fourth-order valence-corrected chi connectivity index (χ4v) is 3.89. The van der Waals surface area contributed by atoms with Crippen molar-refractivity contribution < 1.29 is 9.53 Å². The predicted molar refractivity (Wildman–Crippen MR) is 102 cm³/mol. The van der Waals surface area contributed by atoms with Gasteiger partial charge >= 0.3 is 0 Å². The molecule has 136 valence electrons. The Labute approximate surface area is 155 Å². The Kier molecular flexibility index (Phi) is 4.68. The van der Waals surface area contributed by atoms with Crippen LogP contribution in [-0.4, -0.2) is 30.5 Å². The lowest BCUT2D eigenvalue weighted by Crippen LogP contribution is -2.48. The van der Waals surface area contributed by atoms with Gasteiger partial charge in [0.05, 0.1) is 6.04 Å². The van der Waals surface area contributed by atoms with Gasteiger partial charge in [-0.3, -0.25) is 9.69 Å². The molecule has 1 saturated heterocycles. The van der Waals surface area contributed by atoms with Crippen molar-refractivity contribution in [2.75, 3.05) is 19.7 Å². The zero-order valence-corrected chi connectivity index (χ0v) is 15.3. The highest BCUT2D eigenvalue weighted by atomic mass is 16.5. The number of nitrogens with zero attached hydrogens (tertiary/aromatic N) is 1. The fraction of sp³-hybridized carbons (Fsp3) is 0.409. The number of para-hydroxylation sites is 1. The minimum Gasteiger partial charge on any atom is -0.491 e. The van der Waals surface area contributed by atoms with E-state index in [-0.39, 0.29) is 17.4 Å². The van der Waals surface area contributed by atoms with Crippen molar-refractivity contribution in [1.82, 2.24) is 10.2 Å². The van der Waals surface area contributed by atoms with Gasteiger partial charge in [-0.05, 0) is 37.6 Å². The lowest BCUT2D eigenvalue weighted by molar-refractivity contribution is -0.133. The van der Waals surface area contributed by atoms with E-state index in [0.29, 0.717) is 6.61 Å². The van der Waals surface area contributed by atoms with Crippen molar-refractivity contribution in [2.24, 2.45) is 5.41 Å². The third-order valence-electron chi connectivity index (χ3n) is 5.76. The summed E-state index contributed by atoms with van der Waals surface area (Å²) in [6.45, 7) is 5.50. The van der Waals surface area contributed by atoms with Crippen LogP contribution in [0.1, 0.15) is 36.9 Å². The molecule has 0 radical (unpaired) electrons. The van der Waals surface area contributed by atoms with Crippen LogP contribution in [0.2, 0.25) is 0 Å². The monoisotopic (exact) mass is 350 g/mol. The molecule has 2 aliphatic heterocycles. The molecule has 4 nitrogen and oxygen atoms in total. The number of carbonyl (C=O) groups is 1. The maximum absolute atomic E-state index is 13.0. The molecule has 0 bridgehead atoms. The summed E-state index contributed by atoms with van der Waals surface area (Å²) >= 11 is 0. The van der Waals surface area contributed by atoms with E-state index in [9.17, 15) is 4.79 Å². The Balaban J connectivity index is 1.34. The second-order valence-electron chi connectivity index (χ2n) is 7.70.